The molecule has 1 saturated carbocycles. The van der Waals surface area contributed by atoms with Crippen LogP contribution in [0.2, 0.25) is 0 Å². The van der Waals surface area contributed by atoms with Crippen molar-refractivity contribution in [1.82, 2.24) is 0 Å². The van der Waals surface area contributed by atoms with Gasteiger partial charge in [-0.3, -0.25) is 0 Å². The predicted octanol–water partition coefficient (Wildman–Crippen LogP) is 10.5. The second kappa shape index (κ2) is 13.1. The zero-order valence-electron chi connectivity index (χ0n) is 22.2. The molecule has 1 aliphatic carbocycles. The average Bonchev–Trinajstić information content (AvgIpc) is 2.91. The van der Waals surface area contributed by atoms with Gasteiger partial charge < -0.3 is 0 Å². The summed E-state index contributed by atoms with van der Waals surface area (Å²) in [4.78, 5) is 0. The highest BCUT2D eigenvalue weighted by Crippen LogP contribution is 2.35. The molecule has 0 aliphatic heterocycles. The van der Waals surface area contributed by atoms with Crippen molar-refractivity contribution in [3.63, 3.8) is 0 Å². The molecule has 0 saturated heterocycles. The molecule has 0 N–H and O–H groups in total. The Hall–Kier alpha value is -2.81. The third kappa shape index (κ3) is 6.74. The Morgan fingerprint density at radius 2 is 1.35 bits per heavy atom. The number of hydrogen-bond acceptors (Lipinski definition) is 0. The maximum absolute atomic E-state index is 15.4. The zero-order chi connectivity index (χ0) is 26.2. The second-order valence-corrected chi connectivity index (χ2v) is 10.6. The lowest BCUT2D eigenvalue weighted by molar-refractivity contribution is 0.254. The van der Waals surface area contributed by atoms with Crippen molar-refractivity contribution >= 4 is 10.8 Å². The summed E-state index contributed by atoms with van der Waals surface area (Å²) in [6.07, 6.45) is 19.3. The van der Waals surface area contributed by atoms with Crippen LogP contribution in [-0.2, 0) is 12.8 Å². The van der Waals surface area contributed by atoms with Crippen LogP contribution in [0.4, 0.5) is 13.2 Å². The molecule has 0 spiro atoms. The molecule has 1 fully saturated rings. The Balaban J connectivity index is 1.41. The molecule has 0 unspecified atom stereocenters. The van der Waals surface area contributed by atoms with E-state index in [2.05, 4.69) is 19.1 Å². The van der Waals surface area contributed by atoms with Crippen molar-refractivity contribution in [2.24, 2.45) is 11.8 Å². The molecule has 3 aromatic carbocycles. The van der Waals surface area contributed by atoms with E-state index in [0.29, 0.717) is 29.4 Å². The highest BCUT2D eigenvalue weighted by Gasteiger charge is 2.21. The molecule has 0 nitrogen and oxygen atoms in total. The molecule has 1 aliphatic rings. The van der Waals surface area contributed by atoms with Crippen molar-refractivity contribution in [3.8, 4) is 11.1 Å². The summed E-state index contributed by atoms with van der Waals surface area (Å²) < 4.78 is 45.1. The monoisotopic (exact) mass is 504 g/mol. The van der Waals surface area contributed by atoms with Crippen LogP contribution in [0.15, 0.2) is 66.8 Å². The summed E-state index contributed by atoms with van der Waals surface area (Å²) in [6.45, 7) is 3.98. The van der Waals surface area contributed by atoms with E-state index in [1.54, 1.807) is 18.2 Å². The van der Waals surface area contributed by atoms with E-state index in [1.807, 2.05) is 43.3 Å². The van der Waals surface area contributed by atoms with Crippen LogP contribution in [0.5, 0.6) is 0 Å². The average molecular weight is 505 g/mol. The van der Waals surface area contributed by atoms with Crippen LogP contribution >= 0.6 is 0 Å². The van der Waals surface area contributed by atoms with Gasteiger partial charge in [-0.25, -0.2) is 13.2 Å². The van der Waals surface area contributed by atoms with Gasteiger partial charge in [-0.15, -0.1) is 0 Å². The van der Waals surface area contributed by atoms with E-state index in [0.717, 1.165) is 18.3 Å². The first kappa shape index (κ1) is 27.2. The summed E-state index contributed by atoms with van der Waals surface area (Å²) in [7, 11) is 0. The van der Waals surface area contributed by atoms with E-state index >= 15 is 4.39 Å². The molecule has 0 amide bonds. The molecular formula is C34H39F3. The third-order valence-electron chi connectivity index (χ3n) is 8.06. The van der Waals surface area contributed by atoms with Crippen molar-refractivity contribution in [1.29, 1.82) is 0 Å². The largest absolute Gasteiger partial charge is 0.206 e. The van der Waals surface area contributed by atoms with E-state index in [1.165, 1.54) is 50.5 Å². The van der Waals surface area contributed by atoms with Crippen LogP contribution in [0.25, 0.3) is 21.9 Å². The van der Waals surface area contributed by atoms with Crippen LogP contribution in [-0.4, -0.2) is 0 Å². The fourth-order valence-electron chi connectivity index (χ4n) is 5.78. The van der Waals surface area contributed by atoms with Gasteiger partial charge >= 0.3 is 0 Å². The second-order valence-electron chi connectivity index (χ2n) is 10.6. The summed E-state index contributed by atoms with van der Waals surface area (Å²) in [5, 5.41) is 0.124. The van der Waals surface area contributed by atoms with Gasteiger partial charge in [0.2, 0.25) is 0 Å². The maximum atomic E-state index is 15.4. The van der Waals surface area contributed by atoms with E-state index in [-0.39, 0.29) is 10.9 Å². The van der Waals surface area contributed by atoms with Gasteiger partial charge in [0.05, 0.1) is 5.39 Å². The number of rotatable bonds is 10. The van der Waals surface area contributed by atoms with Crippen LogP contribution in [0.3, 0.4) is 0 Å². The first-order chi connectivity index (χ1) is 18.0. The van der Waals surface area contributed by atoms with Crippen molar-refractivity contribution < 1.29 is 13.2 Å². The Kier molecular flexibility index (Phi) is 9.66. The molecule has 0 heterocycles. The molecule has 3 heteroatoms. The van der Waals surface area contributed by atoms with E-state index in [4.69, 9.17) is 0 Å². The van der Waals surface area contributed by atoms with Gasteiger partial charge in [-0.2, -0.15) is 0 Å². The number of allylic oxidation sites excluding steroid dienone is 4. The molecular weight excluding hydrogens is 465 g/mol. The number of aryl methyl sites for hydroxylation is 2. The van der Waals surface area contributed by atoms with Gasteiger partial charge in [-0.05, 0) is 92.4 Å². The quantitative estimate of drug-likeness (QED) is 0.241. The van der Waals surface area contributed by atoms with E-state index < -0.39 is 17.5 Å². The molecule has 196 valence electrons. The molecule has 0 bridgehead atoms. The first-order valence-electron chi connectivity index (χ1n) is 13.9. The van der Waals surface area contributed by atoms with Crippen LogP contribution < -0.4 is 0 Å². The fraction of sp³-hybridized carbons (Fsp3) is 0.412. The number of fused-ring (bicyclic) bond motifs is 1. The van der Waals surface area contributed by atoms with Crippen LogP contribution in [0.1, 0.15) is 76.3 Å². The number of hydrogen-bond donors (Lipinski definition) is 0. The number of halogens is 3. The third-order valence-corrected chi connectivity index (χ3v) is 8.06. The summed E-state index contributed by atoms with van der Waals surface area (Å²) in [5.74, 6) is -1.08. The maximum Gasteiger partial charge on any atom is 0.169 e. The lowest BCUT2D eigenvalue weighted by Gasteiger charge is -2.28. The molecule has 3 aromatic rings. The van der Waals surface area contributed by atoms with Crippen molar-refractivity contribution in [3.05, 3.63) is 95.3 Å². The topological polar surface area (TPSA) is 0 Å². The van der Waals surface area contributed by atoms with E-state index in [9.17, 15) is 8.78 Å². The molecule has 0 radical (unpaired) electrons. The number of benzene rings is 3. The Bertz CT molecular complexity index is 1230. The molecule has 0 aromatic heterocycles. The first-order valence-corrected chi connectivity index (χ1v) is 13.9. The Morgan fingerprint density at radius 3 is 2.03 bits per heavy atom. The summed E-state index contributed by atoms with van der Waals surface area (Å²) >= 11 is 0. The standard InChI is InChI=1S/C34H39F3/c1-3-5-7-9-24-11-13-25(14-12-24)15-16-26-17-19-27(20-18-26)30-22-21-28-23-29(10-8-6-4-2)32(35)34(37)31(28)33(30)36/h3-6,17-25H,7-16H2,1-2H3/b5-3+,6-4+. The zero-order valence-corrected chi connectivity index (χ0v) is 22.2. The van der Waals surface area contributed by atoms with Crippen LogP contribution in [0, 0.1) is 29.3 Å². The summed E-state index contributed by atoms with van der Waals surface area (Å²) in [6, 6.07) is 12.8. The van der Waals surface area contributed by atoms with Gasteiger partial charge in [0.15, 0.2) is 11.6 Å². The molecule has 0 atom stereocenters. The Labute approximate surface area is 220 Å². The highest BCUT2D eigenvalue weighted by molar-refractivity contribution is 5.89. The lowest BCUT2D eigenvalue weighted by atomic mass is 9.78. The minimum atomic E-state index is -1.10. The lowest BCUT2D eigenvalue weighted by Crippen LogP contribution is -2.15. The van der Waals surface area contributed by atoms with Crippen molar-refractivity contribution in [2.75, 3.05) is 0 Å². The summed E-state index contributed by atoms with van der Waals surface area (Å²) in [5.41, 5.74) is 2.50. The van der Waals surface area contributed by atoms with Gasteiger partial charge in [-0.1, -0.05) is 86.4 Å². The van der Waals surface area contributed by atoms with Gasteiger partial charge in [0.25, 0.3) is 0 Å². The minimum absolute atomic E-state index is 0.268. The van der Waals surface area contributed by atoms with Crippen molar-refractivity contribution in [2.45, 2.75) is 78.1 Å². The minimum Gasteiger partial charge on any atom is -0.206 e. The normalized spacial score (nSPS) is 18.4. The molecule has 4 rings (SSSR count). The fourth-order valence-corrected chi connectivity index (χ4v) is 5.78. The van der Waals surface area contributed by atoms with Gasteiger partial charge in [0.1, 0.15) is 5.82 Å². The Morgan fingerprint density at radius 1 is 0.703 bits per heavy atom. The smallest absolute Gasteiger partial charge is 0.169 e. The highest BCUT2D eigenvalue weighted by atomic mass is 19.2. The SMILES string of the molecule is C/C=C/CCc1cc2ccc(-c3ccc(CCC4CCC(CC/C=C/C)CC4)cc3)c(F)c2c(F)c1F. The molecule has 37 heavy (non-hydrogen) atoms. The predicted molar refractivity (Wildman–Crippen MR) is 150 cm³/mol. The van der Waals surface area contributed by atoms with Gasteiger partial charge in [0, 0.05) is 5.56 Å².